The van der Waals surface area contributed by atoms with E-state index in [1.54, 1.807) is 12.1 Å². The lowest BCUT2D eigenvalue weighted by atomic mass is 10.2. The van der Waals surface area contributed by atoms with Crippen LogP contribution in [0.2, 0.25) is 5.02 Å². The quantitative estimate of drug-likeness (QED) is 0.928. The Kier molecular flexibility index (Phi) is 4.70. The average molecular weight is 316 g/mol. The van der Waals surface area contributed by atoms with Gasteiger partial charge in [0.15, 0.2) is 9.84 Å². The van der Waals surface area contributed by atoms with Crippen molar-refractivity contribution < 1.29 is 13.2 Å². The molecule has 1 aliphatic carbocycles. The minimum Gasteiger partial charge on any atom is -0.352 e. The van der Waals surface area contributed by atoms with Gasteiger partial charge in [-0.25, -0.2) is 8.42 Å². The third kappa shape index (κ3) is 3.33. The van der Waals surface area contributed by atoms with E-state index in [1.807, 2.05) is 0 Å². The summed E-state index contributed by atoms with van der Waals surface area (Å²) >= 11 is 5.81. The van der Waals surface area contributed by atoms with Crippen LogP contribution in [0.1, 0.15) is 32.6 Å². The van der Waals surface area contributed by atoms with Gasteiger partial charge in [0.25, 0.3) is 0 Å². The molecule has 1 amide bonds. The maximum atomic E-state index is 12.4. The van der Waals surface area contributed by atoms with Crippen molar-refractivity contribution in [2.24, 2.45) is 0 Å². The molecule has 6 heteroatoms. The summed E-state index contributed by atoms with van der Waals surface area (Å²) < 4.78 is 24.8. The molecule has 0 heterocycles. The second-order valence-electron chi connectivity index (χ2n) is 5.13. The Labute approximate surface area is 124 Å². The molecule has 1 fully saturated rings. The molecule has 0 aliphatic heterocycles. The highest BCUT2D eigenvalue weighted by Crippen LogP contribution is 2.22. The Morgan fingerprint density at radius 2 is 2.00 bits per heavy atom. The summed E-state index contributed by atoms with van der Waals surface area (Å²) in [4.78, 5) is 12.2. The third-order valence-corrected chi connectivity index (χ3v) is 5.95. The average Bonchev–Trinajstić information content (AvgIpc) is 2.90. The standard InChI is InChI=1S/C14H18ClNO3S/c1-10(14(17)16-12-6-2-3-7-12)20(18,19)13-8-4-5-11(15)9-13/h4-5,8-10,12H,2-3,6-7H2,1H3,(H,16,17)/t10-/m0/s1. The molecular formula is C14H18ClNO3S. The zero-order valence-corrected chi connectivity index (χ0v) is 12.9. The topological polar surface area (TPSA) is 63.2 Å². The fraction of sp³-hybridized carbons (Fsp3) is 0.500. The van der Waals surface area contributed by atoms with Gasteiger partial charge in [0.2, 0.25) is 5.91 Å². The van der Waals surface area contributed by atoms with E-state index in [1.165, 1.54) is 19.1 Å². The van der Waals surface area contributed by atoms with Gasteiger partial charge in [-0.1, -0.05) is 30.5 Å². The molecule has 1 atom stereocenters. The van der Waals surface area contributed by atoms with Crippen molar-refractivity contribution in [3.05, 3.63) is 29.3 Å². The molecule has 4 nitrogen and oxygen atoms in total. The molecule has 110 valence electrons. The Morgan fingerprint density at radius 1 is 1.35 bits per heavy atom. The van der Waals surface area contributed by atoms with Crippen molar-refractivity contribution >= 4 is 27.3 Å². The second kappa shape index (κ2) is 6.14. The smallest absolute Gasteiger partial charge is 0.238 e. The van der Waals surface area contributed by atoms with Crippen molar-refractivity contribution in [2.75, 3.05) is 0 Å². The van der Waals surface area contributed by atoms with Crippen LogP contribution in [0.4, 0.5) is 0 Å². The molecule has 0 unspecified atom stereocenters. The predicted octanol–water partition coefficient (Wildman–Crippen LogP) is 2.56. The molecule has 1 aliphatic rings. The van der Waals surface area contributed by atoms with Gasteiger partial charge in [0.05, 0.1) is 4.90 Å². The van der Waals surface area contributed by atoms with Crippen LogP contribution in [0.15, 0.2) is 29.2 Å². The predicted molar refractivity (Wildman–Crippen MR) is 78.5 cm³/mol. The molecule has 0 saturated heterocycles. The largest absolute Gasteiger partial charge is 0.352 e. The molecule has 0 spiro atoms. The van der Waals surface area contributed by atoms with Crippen LogP contribution in [0.5, 0.6) is 0 Å². The molecule has 0 bridgehead atoms. The lowest BCUT2D eigenvalue weighted by Crippen LogP contribution is -2.42. The summed E-state index contributed by atoms with van der Waals surface area (Å²) in [6.07, 6.45) is 4.02. The van der Waals surface area contributed by atoms with Gasteiger partial charge in [0, 0.05) is 11.1 Å². The van der Waals surface area contributed by atoms with E-state index >= 15 is 0 Å². The monoisotopic (exact) mass is 315 g/mol. The molecular weight excluding hydrogens is 298 g/mol. The lowest BCUT2D eigenvalue weighted by molar-refractivity contribution is -0.121. The van der Waals surface area contributed by atoms with Gasteiger partial charge in [-0.2, -0.15) is 0 Å². The fourth-order valence-electron chi connectivity index (χ4n) is 2.38. The van der Waals surface area contributed by atoms with E-state index in [0.29, 0.717) is 5.02 Å². The van der Waals surface area contributed by atoms with Crippen molar-refractivity contribution in [2.45, 2.75) is 48.8 Å². The van der Waals surface area contributed by atoms with E-state index in [9.17, 15) is 13.2 Å². The first-order chi connectivity index (χ1) is 9.41. The first-order valence-corrected chi connectivity index (χ1v) is 8.63. The summed E-state index contributed by atoms with van der Waals surface area (Å²) in [5.74, 6) is -0.433. The summed E-state index contributed by atoms with van der Waals surface area (Å²) in [7, 11) is -3.70. The lowest BCUT2D eigenvalue weighted by Gasteiger charge is -2.17. The maximum Gasteiger partial charge on any atom is 0.238 e. The number of nitrogens with one attached hydrogen (secondary N) is 1. The molecule has 1 N–H and O–H groups in total. The third-order valence-electron chi connectivity index (χ3n) is 3.66. The van der Waals surface area contributed by atoms with Crippen LogP contribution >= 0.6 is 11.6 Å². The van der Waals surface area contributed by atoms with Gasteiger partial charge in [0.1, 0.15) is 5.25 Å². The van der Waals surface area contributed by atoms with Gasteiger partial charge in [-0.3, -0.25) is 4.79 Å². The van der Waals surface area contributed by atoms with Crippen molar-refractivity contribution in [1.29, 1.82) is 0 Å². The van der Waals surface area contributed by atoms with Gasteiger partial charge >= 0.3 is 0 Å². The van der Waals surface area contributed by atoms with E-state index in [2.05, 4.69) is 5.32 Å². The first kappa shape index (κ1) is 15.3. The van der Waals surface area contributed by atoms with E-state index in [4.69, 9.17) is 11.6 Å². The van der Waals surface area contributed by atoms with E-state index < -0.39 is 21.0 Å². The zero-order chi connectivity index (χ0) is 14.8. The number of carbonyl (C=O) groups excluding carboxylic acids is 1. The summed E-state index contributed by atoms with van der Waals surface area (Å²) in [5.41, 5.74) is 0. The Morgan fingerprint density at radius 3 is 2.60 bits per heavy atom. The first-order valence-electron chi connectivity index (χ1n) is 6.71. The van der Waals surface area contributed by atoms with Crippen molar-refractivity contribution in [1.82, 2.24) is 5.32 Å². The highest BCUT2D eigenvalue weighted by molar-refractivity contribution is 7.92. The number of rotatable bonds is 4. The Hall–Kier alpha value is -1.07. The number of sulfone groups is 1. The van der Waals surface area contributed by atoms with E-state index in [0.717, 1.165) is 25.7 Å². The SMILES string of the molecule is C[C@@H](C(=O)NC1CCCC1)S(=O)(=O)c1cccc(Cl)c1. The molecule has 1 saturated carbocycles. The van der Waals surface area contributed by atoms with Gasteiger partial charge in [-0.15, -0.1) is 0 Å². The summed E-state index contributed by atoms with van der Waals surface area (Å²) in [5, 5.41) is 2.05. The molecule has 0 aromatic heterocycles. The molecule has 0 radical (unpaired) electrons. The number of amides is 1. The minimum atomic E-state index is -3.70. The minimum absolute atomic E-state index is 0.0825. The van der Waals surface area contributed by atoms with E-state index in [-0.39, 0.29) is 10.9 Å². The van der Waals surface area contributed by atoms with Crippen LogP contribution in [0, 0.1) is 0 Å². The van der Waals surface area contributed by atoms with Gasteiger partial charge in [-0.05, 0) is 38.0 Å². The highest BCUT2D eigenvalue weighted by Gasteiger charge is 2.31. The molecule has 2 rings (SSSR count). The summed E-state index contributed by atoms with van der Waals surface area (Å²) in [6.45, 7) is 1.42. The van der Waals surface area contributed by atoms with Crippen LogP contribution in [-0.4, -0.2) is 25.6 Å². The number of benzene rings is 1. The number of hydrogen-bond donors (Lipinski definition) is 1. The molecule has 20 heavy (non-hydrogen) atoms. The van der Waals surface area contributed by atoms with Crippen LogP contribution in [0.3, 0.4) is 0 Å². The molecule has 1 aromatic carbocycles. The Balaban J connectivity index is 2.14. The Bertz CT molecular complexity index is 594. The zero-order valence-electron chi connectivity index (χ0n) is 11.3. The van der Waals surface area contributed by atoms with Crippen molar-refractivity contribution in [3.8, 4) is 0 Å². The van der Waals surface area contributed by atoms with Crippen LogP contribution < -0.4 is 5.32 Å². The number of carbonyl (C=O) groups is 1. The normalized spacial score (nSPS) is 17.9. The van der Waals surface area contributed by atoms with Crippen LogP contribution in [0.25, 0.3) is 0 Å². The molecule has 1 aromatic rings. The van der Waals surface area contributed by atoms with Crippen molar-refractivity contribution in [3.63, 3.8) is 0 Å². The van der Waals surface area contributed by atoms with Gasteiger partial charge < -0.3 is 5.32 Å². The fourth-order valence-corrected chi connectivity index (χ4v) is 3.95. The second-order valence-corrected chi connectivity index (χ2v) is 7.84. The van der Waals surface area contributed by atoms with Crippen LogP contribution in [-0.2, 0) is 14.6 Å². The highest BCUT2D eigenvalue weighted by atomic mass is 35.5. The number of hydrogen-bond acceptors (Lipinski definition) is 3. The summed E-state index contributed by atoms with van der Waals surface area (Å²) in [6, 6.07) is 6.11. The maximum absolute atomic E-state index is 12.4. The number of halogens is 1.